The van der Waals surface area contributed by atoms with E-state index >= 15 is 0 Å². The number of hydrogen-bond donors (Lipinski definition) is 0. The third kappa shape index (κ3) is 3.70. The maximum atomic E-state index is 4.11. The average Bonchev–Trinajstić information content (AvgIpc) is 2.96. The van der Waals surface area contributed by atoms with Gasteiger partial charge < -0.3 is 4.57 Å². The van der Waals surface area contributed by atoms with Crippen molar-refractivity contribution < 1.29 is 0 Å². The minimum Gasteiger partial charge on any atom is -0.337 e. The maximum Gasteiger partial charge on any atom is 0.0945 e. The highest BCUT2D eigenvalue weighted by Gasteiger charge is 2.19. The van der Waals surface area contributed by atoms with Crippen molar-refractivity contribution in [2.75, 3.05) is 13.1 Å². The van der Waals surface area contributed by atoms with Crippen LogP contribution >= 0.6 is 15.9 Å². The summed E-state index contributed by atoms with van der Waals surface area (Å²) in [5, 5.41) is 0. The van der Waals surface area contributed by atoms with E-state index in [9.17, 15) is 0 Å². The Balaban J connectivity index is 1.47. The molecule has 1 aliphatic rings. The molecule has 1 aliphatic heterocycles. The predicted octanol–water partition coefficient (Wildman–Crippen LogP) is 3.56. The fourth-order valence-electron chi connectivity index (χ4n) is 2.87. The summed E-state index contributed by atoms with van der Waals surface area (Å²) in [7, 11) is 0. The SMILES string of the molecule is Brc1ccc(CN2CCC(Cn3ccnc3)CC2)cc1. The Morgan fingerprint density at radius 3 is 2.55 bits per heavy atom. The second-order valence-electron chi connectivity index (χ2n) is 5.61. The molecule has 2 heterocycles. The van der Waals surface area contributed by atoms with Gasteiger partial charge in [-0.2, -0.15) is 0 Å². The van der Waals surface area contributed by atoms with Crippen molar-refractivity contribution in [1.82, 2.24) is 14.5 Å². The summed E-state index contributed by atoms with van der Waals surface area (Å²) in [4.78, 5) is 6.68. The van der Waals surface area contributed by atoms with E-state index in [0.717, 1.165) is 23.5 Å². The van der Waals surface area contributed by atoms with Crippen LogP contribution in [0, 0.1) is 5.92 Å². The van der Waals surface area contributed by atoms with Crippen LogP contribution in [0.25, 0.3) is 0 Å². The molecule has 0 unspecified atom stereocenters. The van der Waals surface area contributed by atoms with E-state index in [4.69, 9.17) is 0 Å². The van der Waals surface area contributed by atoms with Crippen LogP contribution in [0.1, 0.15) is 18.4 Å². The molecule has 3 nitrogen and oxygen atoms in total. The van der Waals surface area contributed by atoms with Crippen molar-refractivity contribution in [2.24, 2.45) is 5.92 Å². The molecule has 3 rings (SSSR count). The van der Waals surface area contributed by atoms with Crippen LogP contribution in [0.15, 0.2) is 47.5 Å². The molecule has 1 fully saturated rings. The second kappa shape index (κ2) is 6.55. The maximum absolute atomic E-state index is 4.11. The van der Waals surface area contributed by atoms with Gasteiger partial charge >= 0.3 is 0 Å². The van der Waals surface area contributed by atoms with Gasteiger partial charge in [0.2, 0.25) is 0 Å². The first-order valence-corrected chi connectivity index (χ1v) is 8.01. The Labute approximate surface area is 128 Å². The van der Waals surface area contributed by atoms with Gasteiger partial charge in [-0.1, -0.05) is 28.1 Å². The highest BCUT2D eigenvalue weighted by atomic mass is 79.9. The molecule has 0 bridgehead atoms. The highest BCUT2D eigenvalue weighted by Crippen LogP contribution is 2.21. The summed E-state index contributed by atoms with van der Waals surface area (Å²) < 4.78 is 3.36. The van der Waals surface area contributed by atoms with Gasteiger partial charge in [-0.3, -0.25) is 4.90 Å². The van der Waals surface area contributed by atoms with E-state index in [1.807, 2.05) is 12.5 Å². The van der Waals surface area contributed by atoms with Gasteiger partial charge in [0.1, 0.15) is 0 Å². The van der Waals surface area contributed by atoms with Gasteiger partial charge in [0.05, 0.1) is 6.33 Å². The van der Waals surface area contributed by atoms with Gasteiger partial charge in [-0.15, -0.1) is 0 Å². The topological polar surface area (TPSA) is 21.1 Å². The Bertz CT molecular complexity index is 513. The summed E-state index contributed by atoms with van der Waals surface area (Å²) >= 11 is 3.49. The van der Waals surface area contributed by atoms with Crippen molar-refractivity contribution >= 4 is 15.9 Å². The molecule has 1 aromatic heterocycles. The van der Waals surface area contributed by atoms with Crippen LogP contribution in [0.5, 0.6) is 0 Å². The number of nitrogens with zero attached hydrogens (tertiary/aromatic N) is 3. The lowest BCUT2D eigenvalue weighted by Crippen LogP contribution is -2.34. The third-order valence-corrected chi connectivity index (χ3v) is 4.58. The average molecular weight is 334 g/mol. The normalized spacial score (nSPS) is 17.4. The Morgan fingerprint density at radius 2 is 1.90 bits per heavy atom. The summed E-state index contributed by atoms with van der Waals surface area (Å²) in [5.74, 6) is 0.797. The van der Waals surface area contributed by atoms with Crippen molar-refractivity contribution in [2.45, 2.75) is 25.9 Å². The summed E-state index contributed by atoms with van der Waals surface area (Å²) in [6.45, 7) is 4.60. The van der Waals surface area contributed by atoms with Crippen LogP contribution in [0.4, 0.5) is 0 Å². The number of piperidine rings is 1. The highest BCUT2D eigenvalue weighted by molar-refractivity contribution is 9.10. The first kappa shape index (κ1) is 13.8. The molecule has 20 heavy (non-hydrogen) atoms. The number of aromatic nitrogens is 2. The molecule has 0 amide bonds. The molecular weight excluding hydrogens is 314 g/mol. The van der Waals surface area contributed by atoms with Crippen molar-refractivity contribution in [1.29, 1.82) is 0 Å². The van der Waals surface area contributed by atoms with Crippen LogP contribution in [0.2, 0.25) is 0 Å². The molecular formula is C16H20BrN3. The zero-order valence-electron chi connectivity index (χ0n) is 11.6. The van der Waals surface area contributed by atoms with Gasteiger partial charge in [-0.05, 0) is 49.5 Å². The van der Waals surface area contributed by atoms with Crippen LogP contribution in [-0.4, -0.2) is 27.5 Å². The Kier molecular flexibility index (Phi) is 4.53. The molecule has 106 valence electrons. The molecule has 0 aliphatic carbocycles. The fraction of sp³-hybridized carbons (Fsp3) is 0.438. The molecule has 0 N–H and O–H groups in total. The lowest BCUT2D eigenvalue weighted by atomic mass is 9.96. The number of benzene rings is 1. The number of rotatable bonds is 4. The van der Waals surface area contributed by atoms with Crippen molar-refractivity contribution in [3.8, 4) is 0 Å². The first-order chi connectivity index (χ1) is 9.79. The molecule has 0 atom stereocenters. The molecule has 4 heteroatoms. The number of likely N-dealkylation sites (tertiary alicyclic amines) is 1. The largest absolute Gasteiger partial charge is 0.337 e. The van der Waals surface area contributed by atoms with Gasteiger partial charge in [0.15, 0.2) is 0 Å². The van der Waals surface area contributed by atoms with E-state index in [2.05, 4.69) is 60.8 Å². The zero-order valence-corrected chi connectivity index (χ0v) is 13.2. The first-order valence-electron chi connectivity index (χ1n) is 7.22. The third-order valence-electron chi connectivity index (χ3n) is 4.05. The Hall–Kier alpha value is -1.13. The molecule has 1 aromatic carbocycles. The zero-order chi connectivity index (χ0) is 13.8. The van der Waals surface area contributed by atoms with Crippen LogP contribution in [-0.2, 0) is 13.1 Å². The lowest BCUT2D eigenvalue weighted by Gasteiger charge is -2.32. The van der Waals surface area contributed by atoms with Gasteiger partial charge in [0.25, 0.3) is 0 Å². The van der Waals surface area contributed by atoms with E-state index < -0.39 is 0 Å². The van der Waals surface area contributed by atoms with Gasteiger partial charge in [-0.25, -0.2) is 4.98 Å². The van der Waals surface area contributed by atoms with Crippen molar-refractivity contribution in [3.63, 3.8) is 0 Å². The number of halogens is 1. The monoisotopic (exact) mass is 333 g/mol. The van der Waals surface area contributed by atoms with Crippen LogP contribution < -0.4 is 0 Å². The summed E-state index contributed by atoms with van der Waals surface area (Å²) in [5.41, 5.74) is 1.40. The predicted molar refractivity (Wildman–Crippen MR) is 84.4 cm³/mol. The number of imidazole rings is 1. The van der Waals surface area contributed by atoms with E-state index in [-0.39, 0.29) is 0 Å². The molecule has 0 spiro atoms. The van der Waals surface area contributed by atoms with Gasteiger partial charge in [0, 0.05) is 30.0 Å². The summed E-state index contributed by atoms with van der Waals surface area (Å²) in [6.07, 6.45) is 8.43. The minimum absolute atomic E-state index is 0.797. The smallest absolute Gasteiger partial charge is 0.0945 e. The molecule has 0 saturated carbocycles. The Morgan fingerprint density at radius 1 is 1.15 bits per heavy atom. The quantitative estimate of drug-likeness (QED) is 0.853. The molecule has 2 aromatic rings. The van der Waals surface area contributed by atoms with E-state index in [1.54, 1.807) is 0 Å². The van der Waals surface area contributed by atoms with Crippen LogP contribution in [0.3, 0.4) is 0 Å². The fourth-order valence-corrected chi connectivity index (χ4v) is 3.13. The lowest BCUT2D eigenvalue weighted by molar-refractivity contribution is 0.167. The second-order valence-corrected chi connectivity index (χ2v) is 6.52. The minimum atomic E-state index is 0.797. The number of hydrogen-bond acceptors (Lipinski definition) is 2. The van der Waals surface area contributed by atoms with E-state index in [1.165, 1.54) is 31.5 Å². The summed E-state index contributed by atoms with van der Waals surface area (Å²) in [6, 6.07) is 8.67. The van der Waals surface area contributed by atoms with E-state index in [0.29, 0.717) is 0 Å². The van der Waals surface area contributed by atoms with Crippen molar-refractivity contribution in [3.05, 3.63) is 53.0 Å². The molecule has 1 saturated heterocycles. The molecule has 0 radical (unpaired) electrons. The standard InChI is InChI=1S/C16H20BrN3/c17-16-3-1-14(2-4-16)11-19-8-5-15(6-9-19)12-20-10-7-18-13-20/h1-4,7,10,13,15H,5-6,8-9,11-12H2.